The van der Waals surface area contributed by atoms with Crippen molar-refractivity contribution >= 4 is 12.0 Å². The Hall–Kier alpha value is -1.26. The summed E-state index contributed by atoms with van der Waals surface area (Å²) >= 11 is 0. The molecule has 1 fully saturated rings. The molecule has 1 aliphatic rings. The van der Waals surface area contributed by atoms with Gasteiger partial charge in [-0.2, -0.15) is 0 Å². The maximum Gasteiger partial charge on any atom is 0.407 e. The first-order valence-electron chi connectivity index (χ1n) is 3.33. The van der Waals surface area contributed by atoms with Crippen LogP contribution < -0.4 is 10.6 Å². The molecule has 2 N–H and O–H groups in total. The summed E-state index contributed by atoms with van der Waals surface area (Å²) in [6, 6.07) is -0.116. The quantitative estimate of drug-likeness (QED) is 0.526. The second kappa shape index (κ2) is 3.23. The van der Waals surface area contributed by atoms with Crippen LogP contribution in [0.15, 0.2) is 0 Å². The van der Waals surface area contributed by atoms with E-state index in [-0.39, 0.29) is 11.9 Å². The number of rotatable bonds is 1. The van der Waals surface area contributed by atoms with Gasteiger partial charge in [0.1, 0.15) is 0 Å². The van der Waals surface area contributed by atoms with Gasteiger partial charge in [-0.1, -0.05) is 0 Å². The highest BCUT2D eigenvalue weighted by atomic mass is 16.5. The first kappa shape index (κ1) is 7.84. The Morgan fingerprint density at radius 1 is 1.82 bits per heavy atom. The summed E-state index contributed by atoms with van der Waals surface area (Å²) in [4.78, 5) is 21.2. The molecule has 0 bridgehead atoms. The molecule has 1 atom stereocenters. The fraction of sp³-hybridized carbons (Fsp3) is 0.667. The number of amides is 2. The number of methoxy groups -OCH3 is 1. The Kier molecular flexibility index (Phi) is 2.30. The van der Waals surface area contributed by atoms with Crippen LogP contribution in [0.3, 0.4) is 0 Å². The number of ether oxygens (including phenoxy) is 1. The molecule has 0 radical (unpaired) electrons. The van der Waals surface area contributed by atoms with Crippen LogP contribution in [-0.4, -0.2) is 31.7 Å². The van der Waals surface area contributed by atoms with Crippen molar-refractivity contribution in [2.45, 2.75) is 12.5 Å². The summed E-state index contributed by atoms with van der Waals surface area (Å²) in [6.45, 7) is 0.494. The van der Waals surface area contributed by atoms with Gasteiger partial charge in [0, 0.05) is 13.0 Å². The van der Waals surface area contributed by atoms with Gasteiger partial charge in [-0.05, 0) is 0 Å². The number of nitrogens with one attached hydrogen (secondary N) is 2. The van der Waals surface area contributed by atoms with Gasteiger partial charge >= 0.3 is 6.09 Å². The van der Waals surface area contributed by atoms with E-state index in [0.717, 1.165) is 0 Å². The van der Waals surface area contributed by atoms with Crippen molar-refractivity contribution in [1.82, 2.24) is 10.6 Å². The lowest BCUT2D eigenvalue weighted by Crippen LogP contribution is -2.35. The van der Waals surface area contributed by atoms with Crippen LogP contribution in [0.2, 0.25) is 0 Å². The number of carbonyl (C=O) groups is 2. The highest BCUT2D eigenvalue weighted by Gasteiger charge is 2.22. The molecule has 2 amide bonds. The first-order chi connectivity index (χ1) is 5.22. The summed E-state index contributed by atoms with van der Waals surface area (Å²) in [6.07, 6.45) is -0.152. The topological polar surface area (TPSA) is 67.4 Å². The second-order valence-corrected chi connectivity index (χ2v) is 2.34. The number of hydrogen-bond acceptors (Lipinski definition) is 3. The van der Waals surface area contributed by atoms with E-state index in [1.807, 2.05) is 0 Å². The van der Waals surface area contributed by atoms with E-state index in [1.54, 1.807) is 0 Å². The van der Waals surface area contributed by atoms with E-state index in [9.17, 15) is 9.59 Å². The third kappa shape index (κ3) is 2.10. The molecule has 0 aromatic carbocycles. The van der Waals surface area contributed by atoms with Crippen LogP contribution in [0.1, 0.15) is 6.42 Å². The standard InChI is InChI=1S/C6H10N2O3/c1-11-6(10)8-4-2-5(9)7-3-4/h4H,2-3H2,1H3,(H,7,9)(H,8,10). The summed E-state index contributed by atoms with van der Waals surface area (Å²) in [5.74, 6) is -0.0357. The van der Waals surface area contributed by atoms with Crippen LogP contribution >= 0.6 is 0 Å². The smallest absolute Gasteiger partial charge is 0.407 e. The van der Waals surface area contributed by atoms with E-state index in [2.05, 4.69) is 15.4 Å². The van der Waals surface area contributed by atoms with Crippen LogP contribution in [0.25, 0.3) is 0 Å². The van der Waals surface area contributed by atoms with Crippen molar-refractivity contribution in [2.75, 3.05) is 13.7 Å². The third-order valence-electron chi connectivity index (χ3n) is 1.48. The van der Waals surface area contributed by atoms with Crippen LogP contribution in [-0.2, 0) is 9.53 Å². The molecule has 1 heterocycles. The minimum Gasteiger partial charge on any atom is -0.453 e. The average Bonchev–Trinajstić information content (AvgIpc) is 2.35. The highest BCUT2D eigenvalue weighted by molar-refractivity contribution is 5.80. The predicted molar refractivity (Wildman–Crippen MR) is 37.0 cm³/mol. The van der Waals surface area contributed by atoms with E-state index in [4.69, 9.17) is 0 Å². The Labute approximate surface area is 64.1 Å². The van der Waals surface area contributed by atoms with E-state index < -0.39 is 6.09 Å². The molecule has 5 nitrogen and oxygen atoms in total. The molecular formula is C6H10N2O3. The molecule has 1 rings (SSSR count). The Morgan fingerprint density at radius 3 is 3.00 bits per heavy atom. The van der Waals surface area contributed by atoms with Gasteiger partial charge in [-0.15, -0.1) is 0 Å². The molecule has 1 unspecified atom stereocenters. The molecule has 11 heavy (non-hydrogen) atoms. The summed E-state index contributed by atoms with van der Waals surface area (Å²) in [5, 5.41) is 5.10. The minimum absolute atomic E-state index is 0.0357. The van der Waals surface area contributed by atoms with E-state index in [1.165, 1.54) is 7.11 Å². The van der Waals surface area contributed by atoms with Gasteiger partial charge in [0.2, 0.25) is 5.91 Å². The normalized spacial score (nSPS) is 22.6. The highest BCUT2D eigenvalue weighted by Crippen LogP contribution is 1.98. The molecular weight excluding hydrogens is 148 g/mol. The minimum atomic E-state index is -0.494. The van der Waals surface area contributed by atoms with Crippen LogP contribution in [0.4, 0.5) is 4.79 Å². The molecule has 0 aromatic heterocycles. The molecule has 62 valence electrons. The molecule has 1 aliphatic heterocycles. The Morgan fingerprint density at radius 2 is 2.55 bits per heavy atom. The second-order valence-electron chi connectivity index (χ2n) is 2.34. The fourth-order valence-electron chi connectivity index (χ4n) is 0.933. The van der Waals surface area contributed by atoms with Crippen LogP contribution in [0, 0.1) is 0 Å². The lowest BCUT2D eigenvalue weighted by molar-refractivity contribution is -0.119. The van der Waals surface area contributed by atoms with Crippen molar-refractivity contribution in [3.63, 3.8) is 0 Å². The Bertz CT molecular complexity index is 181. The zero-order valence-electron chi connectivity index (χ0n) is 6.22. The van der Waals surface area contributed by atoms with Crippen molar-refractivity contribution in [3.05, 3.63) is 0 Å². The van der Waals surface area contributed by atoms with Crippen molar-refractivity contribution < 1.29 is 14.3 Å². The molecule has 0 saturated carbocycles. The van der Waals surface area contributed by atoms with Crippen molar-refractivity contribution in [1.29, 1.82) is 0 Å². The van der Waals surface area contributed by atoms with Gasteiger partial charge in [0.05, 0.1) is 13.2 Å². The monoisotopic (exact) mass is 158 g/mol. The molecule has 0 aliphatic carbocycles. The lowest BCUT2D eigenvalue weighted by Gasteiger charge is -2.07. The van der Waals surface area contributed by atoms with E-state index in [0.29, 0.717) is 13.0 Å². The summed E-state index contributed by atoms with van der Waals surface area (Å²) in [7, 11) is 1.29. The van der Waals surface area contributed by atoms with Crippen LogP contribution in [0.5, 0.6) is 0 Å². The first-order valence-corrected chi connectivity index (χ1v) is 3.33. The number of carbonyl (C=O) groups excluding carboxylic acids is 2. The van der Waals surface area contributed by atoms with Gasteiger partial charge < -0.3 is 15.4 Å². The average molecular weight is 158 g/mol. The summed E-state index contributed by atoms with van der Waals surface area (Å²) in [5.41, 5.74) is 0. The molecule has 0 spiro atoms. The number of alkyl carbamates (subject to hydrolysis) is 1. The maximum absolute atomic E-state index is 10.6. The van der Waals surface area contributed by atoms with Gasteiger partial charge in [0.15, 0.2) is 0 Å². The third-order valence-corrected chi connectivity index (χ3v) is 1.48. The van der Waals surface area contributed by atoms with Crippen molar-refractivity contribution in [3.8, 4) is 0 Å². The van der Waals surface area contributed by atoms with E-state index >= 15 is 0 Å². The molecule has 0 aromatic rings. The van der Waals surface area contributed by atoms with Crippen molar-refractivity contribution in [2.24, 2.45) is 0 Å². The Balaban J connectivity index is 2.28. The van der Waals surface area contributed by atoms with Gasteiger partial charge in [0.25, 0.3) is 0 Å². The van der Waals surface area contributed by atoms with Gasteiger partial charge in [-0.25, -0.2) is 4.79 Å². The fourth-order valence-corrected chi connectivity index (χ4v) is 0.933. The maximum atomic E-state index is 10.6. The molecule has 1 saturated heterocycles. The zero-order valence-corrected chi connectivity index (χ0v) is 6.22. The largest absolute Gasteiger partial charge is 0.453 e. The summed E-state index contributed by atoms with van der Waals surface area (Å²) < 4.78 is 4.36. The SMILES string of the molecule is COC(=O)NC1CNC(=O)C1. The number of hydrogen-bond donors (Lipinski definition) is 2. The zero-order chi connectivity index (χ0) is 8.27. The lowest BCUT2D eigenvalue weighted by atomic mass is 10.3. The molecule has 5 heteroatoms. The predicted octanol–water partition coefficient (Wildman–Crippen LogP) is -0.769. The van der Waals surface area contributed by atoms with Gasteiger partial charge in [-0.3, -0.25) is 4.79 Å².